The standard InChI is InChI=1S/C15H15BrN4/c1-2-5-14-15(17)18-19-20(14)13-9-8-12(16)10-6-3-4-7-11(10)13/h3-4,6-9H,2,5,17H2,1H3. The summed E-state index contributed by atoms with van der Waals surface area (Å²) in [6.07, 6.45) is 1.87. The number of rotatable bonds is 3. The molecule has 0 bridgehead atoms. The predicted octanol–water partition coefficient (Wildman–Crippen LogP) is 3.72. The summed E-state index contributed by atoms with van der Waals surface area (Å²) in [6, 6.07) is 12.3. The molecule has 0 amide bonds. The number of fused-ring (bicyclic) bond motifs is 1. The van der Waals surface area contributed by atoms with Crippen molar-refractivity contribution >= 4 is 32.5 Å². The second-order valence-corrected chi connectivity index (χ2v) is 5.55. The Morgan fingerprint density at radius 3 is 2.65 bits per heavy atom. The zero-order valence-electron chi connectivity index (χ0n) is 11.2. The van der Waals surface area contributed by atoms with Gasteiger partial charge in [-0.3, -0.25) is 0 Å². The molecule has 0 aliphatic rings. The summed E-state index contributed by atoms with van der Waals surface area (Å²) in [6.45, 7) is 2.12. The molecule has 0 spiro atoms. The maximum absolute atomic E-state index is 5.94. The van der Waals surface area contributed by atoms with Crippen LogP contribution >= 0.6 is 15.9 Å². The van der Waals surface area contributed by atoms with E-state index in [-0.39, 0.29) is 0 Å². The molecule has 0 radical (unpaired) electrons. The van der Waals surface area contributed by atoms with E-state index in [2.05, 4.69) is 45.3 Å². The molecule has 3 rings (SSSR count). The second kappa shape index (κ2) is 5.25. The quantitative estimate of drug-likeness (QED) is 0.796. The minimum atomic E-state index is 0.513. The normalized spacial score (nSPS) is 11.1. The summed E-state index contributed by atoms with van der Waals surface area (Å²) in [5, 5.41) is 10.5. The molecule has 0 unspecified atom stereocenters. The first-order chi connectivity index (χ1) is 9.72. The topological polar surface area (TPSA) is 56.7 Å². The van der Waals surface area contributed by atoms with Gasteiger partial charge in [0.05, 0.1) is 11.4 Å². The number of nitrogens with zero attached hydrogens (tertiary/aromatic N) is 3. The lowest BCUT2D eigenvalue weighted by Crippen LogP contribution is -2.04. The van der Waals surface area contributed by atoms with E-state index < -0.39 is 0 Å². The molecule has 0 saturated heterocycles. The van der Waals surface area contributed by atoms with Crippen molar-refractivity contribution in [2.45, 2.75) is 19.8 Å². The average molecular weight is 331 g/mol. The monoisotopic (exact) mass is 330 g/mol. The van der Waals surface area contributed by atoms with E-state index in [1.165, 1.54) is 0 Å². The summed E-state index contributed by atoms with van der Waals surface area (Å²) in [5.41, 5.74) is 7.92. The van der Waals surface area contributed by atoms with E-state index >= 15 is 0 Å². The van der Waals surface area contributed by atoms with Gasteiger partial charge < -0.3 is 5.73 Å². The zero-order chi connectivity index (χ0) is 14.1. The fourth-order valence-corrected chi connectivity index (χ4v) is 2.89. The first-order valence-electron chi connectivity index (χ1n) is 6.60. The molecule has 0 fully saturated rings. The number of hydrogen-bond donors (Lipinski definition) is 1. The SMILES string of the molecule is CCCc1c(N)nnn1-c1ccc(Br)c2ccccc12. The highest BCUT2D eigenvalue weighted by atomic mass is 79.9. The summed E-state index contributed by atoms with van der Waals surface area (Å²) >= 11 is 3.59. The van der Waals surface area contributed by atoms with Crippen LogP contribution in [0.2, 0.25) is 0 Å². The molecule has 0 aliphatic carbocycles. The van der Waals surface area contributed by atoms with Gasteiger partial charge in [-0.05, 0) is 23.9 Å². The molecule has 1 aromatic heterocycles. The molecule has 4 nitrogen and oxygen atoms in total. The Balaban J connectivity index is 2.28. The number of hydrogen-bond acceptors (Lipinski definition) is 3. The number of nitrogen functional groups attached to an aromatic ring is 1. The van der Waals surface area contributed by atoms with Gasteiger partial charge in [-0.15, -0.1) is 5.10 Å². The Morgan fingerprint density at radius 1 is 1.15 bits per heavy atom. The fraction of sp³-hybridized carbons (Fsp3) is 0.200. The van der Waals surface area contributed by atoms with E-state index in [0.29, 0.717) is 5.82 Å². The molecule has 0 aliphatic heterocycles. The number of aromatic nitrogens is 3. The lowest BCUT2D eigenvalue weighted by atomic mass is 10.1. The maximum Gasteiger partial charge on any atom is 0.169 e. The van der Waals surface area contributed by atoms with Gasteiger partial charge in [0.1, 0.15) is 0 Å². The Bertz CT molecular complexity index is 764. The number of anilines is 1. The smallest absolute Gasteiger partial charge is 0.169 e. The van der Waals surface area contributed by atoms with E-state index in [0.717, 1.165) is 39.5 Å². The minimum absolute atomic E-state index is 0.513. The van der Waals surface area contributed by atoms with Gasteiger partial charge in [-0.2, -0.15) is 0 Å². The van der Waals surface area contributed by atoms with Crippen LogP contribution in [0, 0.1) is 0 Å². The minimum Gasteiger partial charge on any atom is -0.381 e. The third-order valence-electron chi connectivity index (χ3n) is 3.36. The van der Waals surface area contributed by atoms with Crippen molar-refractivity contribution < 1.29 is 0 Å². The highest BCUT2D eigenvalue weighted by Gasteiger charge is 2.13. The van der Waals surface area contributed by atoms with Crippen molar-refractivity contribution in [3.63, 3.8) is 0 Å². The number of halogens is 1. The van der Waals surface area contributed by atoms with Crippen LogP contribution in [0.4, 0.5) is 5.82 Å². The molecule has 102 valence electrons. The zero-order valence-corrected chi connectivity index (χ0v) is 12.8. The van der Waals surface area contributed by atoms with Crippen LogP contribution in [0.15, 0.2) is 40.9 Å². The lowest BCUT2D eigenvalue weighted by molar-refractivity contribution is 0.749. The van der Waals surface area contributed by atoms with Crippen LogP contribution in [0.1, 0.15) is 19.0 Å². The summed E-state index contributed by atoms with van der Waals surface area (Å²) in [4.78, 5) is 0. The van der Waals surface area contributed by atoms with Crippen LogP contribution in [0.3, 0.4) is 0 Å². The molecular weight excluding hydrogens is 316 g/mol. The van der Waals surface area contributed by atoms with E-state index in [1.54, 1.807) is 0 Å². The van der Waals surface area contributed by atoms with Gasteiger partial charge in [0, 0.05) is 9.86 Å². The Labute approximate surface area is 125 Å². The van der Waals surface area contributed by atoms with Gasteiger partial charge in [-0.25, -0.2) is 4.68 Å². The molecule has 0 saturated carbocycles. The summed E-state index contributed by atoms with van der Waals surface area (Å²) in [5.74, 6) is 0.513. The van der Waals surface area contributed by atoms with Gasteiger partial charge in [0.2, 0.25) is 0 Å². The third-order valence-corrected chi connectivity index (χ3v) is 4.05. The van der Waals surface area contributed by atoms with Crippen molar-refractivity contribution in [2.75, 3.05) is 5.73 Å². The molecule has 3 aromatic rings. The largest absolute Gasteiger partial charge is 0.381 e. The van der Waals surface area contributed by atoms with Crippen molar-refractivity contribution in [2.24, 2.45) is 0 Å². The first kappa shape index (κ1) is 13.1. The Kier molecular flexibility index (Phi) is 3.44. The maximum atomic E-state index is 5.94. The van der Waals surface area contributed by atoms with Gasteiger partial charge >= 0.3 is 0 Å². The molecule has 5 heteroatoms. The van der Waals surface area contributed by atoms with E-state index in [1.807, 2.05) is 28.9 Å². The van der Waals surface area contributed by atoms with Crippen LogP contribution in [0.25, 0.3) is 16.5 Å². The Hall–Kier alpha value is -1.88. The van der Waals surface area contributed by atoms with Crippen molar-refractivity contribution in [3.05, 3.63) is 46.6 Å². The number of nitrogens with two attached hydrogens (primary N) is 1. The molecule has 2 N–H and O–H groups in total. The number of benzene rings is 2. The van der Waals surface area contributed by atoms with Gasteiger partial charge in [0.25, 0.3) is 0 Å². The summed E-state index contributed by atoms with van der Waals surface area (Å²) < 4.78 is 2.93. The van der Waals surface area contributed by atoms with Crippen molar-refractivity contribution in [1.29, 1.82) is 0 Å². The molecule has 2 aromatic carbocycles. The van der Waals surface area contributed by atoms with Crippen LogP contribution in [-0.2, 0) is 6.42 Å². The molecule has 0 atom stereocenters. The average Bonchev–Trinajstić information content (AvgIpc) is 2.82. The first-order valence-corrected chi connectivity index (χ1v) is 7.39. The summed E-state index contributed by atoms with van der Waals surface area (Å²) in [7, 11) is 0. The molecule has 20 heavy (non-hydrogen) atoms. The third kappa shape index (κ3) is 2.08. The highest BCUT2D eigenvalue weighted by Crippen LogP contribution is 2.30. The second-order valence-electron chi connectivity index (χ2n) is 4.70. The van der Waals surface area contributed by atoms with Gasteiger partial charge in [0.15, 0.2) is 5.82 Å². The molecule has 1 heterocycles. The van der Waals surface area contributed by atoms with E-state index in [9.17, 15) is 0 Å². The van der Waals surface area contributed by atoms with Gasteiger partial charge in [-0.1, -0.05) is 58.8 Å². The highest BCUT2D eigenvalue weighted by molar-refractivity contribution is 9.10. The van der Waals surface area contributed by atoms with Crippen LogP contribution in [0.5, 0.6) is 0 Å². The predicted molar refractivity (Wildman–Crippen MR) is 85.0 cm³/mol. The van der Waals surface area contributed by atoms with Crippen molar-refractivity contribution in [1.82, 2.24) is 15.0 Å². The lowest BCUT2D eigenvalue weighted by Gasteiger charge is -2.10. The molecular formula is C15H15BrN4. The fourth-order valence-electron chi connectivity index (χ4n) is 2.41. The van der Waals surface area contributed by atoms with E-state index in [4.69, 9.17) is 5.73 Å². The Morgan fingerprint density at radius 2 is 1.90 bits per heavy atom. The van der Waals surface area contributed by atoms with Crippen molar-refractivity contribution in [3.8, 4) is 5.69 Å². The van der Waals surface area contributed by atoms with Crippen LogP contribution < -0.4 is 5.73 Å². The van der Waals surface area contributed by atoms with Crippen LogP contribution in [-0.4, -0.2) is 15.0 Å².